The third kappa shape index (κ3) is 4.39. The number of carbonyl (C=O) groups excluding carboxylic acids is 2. The molecule has 4 rings (SSSR count). The molecule has 1 aliphatic carbocycles. The van der Waals surface area contributed by atoms with Crippen LogP contribution in [-0.4, -0.2) is 31.0 Å². The van der Waals surface area contributed by atoms with Gasteiger partial charge in [0.2, 0.25) is 5.91 Å². The summed E-state index contributed by atoms with van der Waals surface area (Å²) in [5.41, 5.74) is 2.93. The van der Waals surface area contributed by atoms with E-state index in [1.165, 1.54) is 11.3 Å². The molecule has 31 heavy (non-hydrogen) atoms. The van der Waals surface area contributed by atoms with E-state index in [0.29, 0.717) is 34.3 Å². The van der Waals surface area contributed by atoms with Crippen molar-refractivity contribution in [2.45, 2.75) is 25.7 Å². The molecule has 0 aliphatic heterocycles. The van der Waals surface area contributed by atoms with Crippen molar-refractivity contribution in [1.29, 1.82) is 0 Å². The molecule has 0 fully saturated rings. The summed E-state index contributed by atoms with van der Waals surface area (Å²) in [5, 5.41) is 6.29. The highest BCUT2D eigenvalue weighted by molar-refractivity contribution is 7.16. The quantitative estimate of drug-likeness (QED) is 0.597. The third-order valence-corrected chi connectivity index (χ3v) is 6.28. The first-order valence-corrected chi connectivity index (χ1v) is 10.7. The lowest BCUT2D eigenvalue weighted by Crippen LogP contribution is -2.20. The van der Waals surface area contributed by atoms with Crippen LogP contribution in [0.3, 0.4) is 0 Å². The molecular formula is C23H23N3O4S. The third-order valence-electron chi connectivity index (χ3n) is 5.23. The van der Waals surface area contributed by atoms with Gasteiger partial charge in [-0.2, -0.15) is 0 Å². The number of hydrogen-bond donors (Lipinski definition) is 2. The monoisotopic (exact) mass is 437 g/mol. The maximum atomic E-state index is 13.0. The summed E-state index contributed by atoms with van der Waals surface area (Å²) in [5.74, 6) is 0.420. The van der Waals surface area contributed by atoms with E-state index in [1.54, 1.807) is 44.6 Å². The van der Waals surface area contributed by atoms with Crippen molar-refractivity contribution >= 4 is 34.0 Å². The van der Waals surface area contributed by atoms with Gasteiger partial charge in [-0.3, -0.25) is 14.9 Å². The van der Waals surface area contributed by atoms with Crippen LogP contribution in [0.4, 0.5) is 10.8 Å². The van der Waals surface area contributed by atoms with Gasteiger partial charge in [0, 0.05) is 16.5 Å². The molecule has 1 atom stereocenters. The lowest BCUT2D eigenvalue weighted by molar-refractivity contribution is -0.117. The molecule has 1 aliphatic rings. The SMILES string of the molecule is COc1ccc(OC)c(NC(=O)C2CCc3sc(NC(=O)c4ccc(C)cc4)nc32)c1. The number of rotatable bonds is 6. The normalized spacial score (nSPS) is 14.6. The second-order valence-electron chi connectivity index (χ2n) is 7.29. The zero-order chi connectivity index (χ0) is 22.0. The second-order valence-corrected chi connectivity index (χ2v) is 8.38. The van der Waals surface area contributed by atoms with Crippen LogP contribution in [0.5, 0.6) is 11.5 Å². The Bertz CT molecular complexity index is 1120. The van der Waals surface area contributed by atoms with Gasteiger partial charge >= 0.3 is 0 Å². The molecule has 0 saturated heterocycles. The lowest BCUT2D eigenvalue weighted by Gasteiger charge is -2.14. The van der Waals surface area contributed by atoms with Crippen LogP contribution >= 0.6 is 11.3 Å². The number of nitrogens with one attached hydrogen (secondary N) is 2. The first kappa shape index (κ1) is 20.9. The van der Waals surface area contributed by atoms with Crippen LogP contribution in [0.25, 0.3) is 0 Å². The zero-order valence-corrected chi connectivity index (χ0v) is 18.3. The van der Waals surface area contributed by atoms with Gasteiger partial charge in [0.25, 0.3) is 5.91 Å². The van der Waals surface area contributed by atoms with Crippen molar-refractivity contribution in [2.24, 2.45) is 0 Å². The number of thiazole rings is 1. The minimum atomic E-state index is -0.382. The van der Waals surface area contributed by atoms with E-state index in [-0.39, 0.29) is 17.7 Å². The van der Waals surface area contributed by atoms with Gasteiger partial charge < -0.3 is 14.8 Å². The minimum absolute atomic E-state index is 0.160. The average molecular weight is 438 g/mol. The maximum Gasteiger partial charge on any atom is 0.257 e. The Morgan fingerprint density at radius 3 is 2.55 bits per heavy atom. The van der Waals surface area contributed by atoms with Gasteiger partial charge in [-0.05, 0) is 44.0 Å². The molecule has 0 bridgehead atoms. The highest BCUT2D eigenvalue weighted by atomic mass is 32.1. The van der Waals surface area contributed by atoms with Gasteiger partial charge in [-0.1, -0.05) is 17.7 Å². The molecule has 3 aromatic rings. The number of ether oxygens (including phenoxy) is 2. The number of methoxy groups -OCH3 is 2. The van der Waals surface area contributed by atoms with Crippen molar-refractivity contribution in [1.82, 2.24) is 4.98 Å². The molecule has 2 aromatic carbocycles. The minimum Gasteiger partial charge on any atom is -0.497 e. The molecule has 0 radical (unpaired) electrons. The smallest absolute Gasteiger partial charge is 0.257 e. The number of fused-ring (bicyclic) bond motifs is 1. The number of benzene rings is 2. The Morgan fingerprint density at radius 2 is 1.84 bits per heavy atom. The van der Waals surface area contributed by atoms with Crippen LogP contribution in [0.1, 0.15) is 38.8 Å². The Labute approximate surface area is 184 Å². The largest absolute Gasteiger partial charge is 0.497 e. The summed E-state index contributed by atoms with van der Waals surface area (Å²) in [6.45, 7) is 1.97. The van der Waals surface area contributed by atoms with Gasteiger partial charge in [0.1, 0.15) is 11.5 Å². The summed E-state index contributed by atoms with van der Waals surface area (Å²) in [6.07, 6.45) is 1.43. The fraction of sp³-hybridized carbons (Fsp3) is 0.261. The predicted octanol–water partition coefficient (Wildman–Crippen LogP) is 4.39. The summed E-state index contributed by atoms with van der Waals surface area (Å²) in [7, 11) is 3.12. The number of aryl methyl sites for hydroxylation is 2. The van der Waals surface area contributed by atoms with Gasteiger partial charge in [-0.25, -0.2) is 4.98 Å². The van der Waals surface area contributed by atoms with Crippen molar-refractivity contribution < 1.29 is 19.1 Å². The Hall–Kier alpha value is -3.39. The predicted molar refractivity (Wildman–Crippen MR) is 120 cm³/mol. The van der Waals surface area contributed by atoms with E-state index in [2.05, 4.69) is 15.6 Å². The highest BCUT2D eigenvalue weighted by Gasteiger charge is 2.33. The number of aromatic nitrogens is 1. The van der Waals surface area contributed by atoms with Gasteiger partial charge in [-0.15, -0.1) is 11.3 Å². The van der Waals surface area contributed by atoms with Crippen LogP contribution in [-0.2, 0) is 11.2 Å². The van der Waals surface area contributed by atoms with E-state index < -0.39 is 0 Å². The van der Waals surface area contributed by atoms with Crippen LogP contribution < -0.4 is 20.1 Å². The van der Waals surface area contributed by atoms with E-state index >= 15 is 0 Å². The Morgan fingerprint density at radius 1 is 1.06 bits per heavy atom. The van der Waals surface area contributed by atoms with E-state index in [1.807, 2.05) is 19.1 Å². The van der Waals surface area contributed by atoms with E-state index in [0.717, 1.165) is 22.6 Å². The van der Waals surface area contributed by atoms with Gasteiger partial charge in [0.15, 0.2) is 5.13 Å². The van der Waals surface area contributed by atoms with Gasteiger partial charge in [0.05, 0.1) is 31.5 Å². The number of hydrogen-bond acceptors (Lipinski definition) is 6. The summed E-state index contributed by atoms with van der Waals surface area (Å²) in [4.78, 5) is 31.1. The molecule has 2 N–H and O–H groups in total. The molecule has 7 nitrogen and oxygen atoms in total. The fourth-order valence-electron chi connectivity index (χ4n) is 3.54. The van der Waals surface area contributed by atoms with E-state index in [4.69, 9.17) is 9.47 Å². The molecule has 0 spiro atoms. The molecule has 1 aromatic heterocycles. The summed E-state index contributed by atoms with van der Waals surface area (Å²) < 4.78 is 10.6. The Balaban J connectivity index is 1.49. The zero-order valence-electron chi connectivity index (χ0n) is 17.5. The molecular weight excluding hydrogens is 414 g/mol. The van der Waals surface area contributed by atoms with Crippen LogP contribution in [0.2, 0.25) is 0 Å². The van der Waals surface area contributed by atoms with Crippen LogP contribution in [0, 0.1) is 6.92 Å². The Kier molecular flexibility index (Phi) is 5.90. The number of carbonyl (C=O) groups is 2. The molecule has 1 unspecified atom stereocenters. The van der Waals surface area contributed by atoms with Crippen molar-refractivity contribution in [3.8, 4) is 11.5 Å². The fourth-order valence-corrected chi connectivity index (χ4v) is 4.58. The van der Waals surface area contributed by atoms with Crippen molar-refractivity contribution in [2.75, 3.05) is 24.9 Å². The molecule has 0 saturated carbocycles. The molecule has 2 amide bonds. The first-order chi connectivity index (χ1) is 15.0. The summed E-state index contributed by atoms with van der Waals surface area (Å²) in [6, 6.07) is 12.6. The van der Waals surface area contributed by atoms with Crippen molar-refractivity contribution in [3.63, 3.8) is 0 Å². The molecule has 8 heteroatoms. The van der Waals surface area contributed by atoms with Crippen molar-refractivity contribution in [3.05, 3.63) is 64.2 Å². The molecule has 1 heterocycles. The first-order valence-electron chi connectivity index (χ1n) is 9.89. The van der Waals surface area contributed by atoms with E-state index in [9.17, 15) is 9.59 Å². The summed E-state index contributed by atoms with van der Waals surface area (Å²) >= 11 is 1.42. The number of anilines is 2. The standard InChI is InChI=1S/C23H23N3O4S/c1-13-4-6-14(7-5-13)21(27)26-23-25-20-16(9-11-19(20)31-23)22(28)24-17-12-15(29-2)8-10-18(17)30-3/h4-8,10,12,16H,9,11H2,1-3H3,(H,24,28)(H,25,26,27). The average Bonchev–Trinajstić information content (AvgIpc) is 3.34. The highest BCUT2D eigenvalue weighted by Crippen LogP contribution is 2.40. The topological polar surface area (TPSA) is 89.5 Å². The molecule has 160 valence electrons. The lowest BCUT2D eigenvalue weighted by atomic mass is 10.1. The number of amides is 2. The number of nitrogens with zero attached hydrogens (tertiary/aromatic N) is 1. The second kappa shape index (κ2) is 8.77. The maximum absolute atomic E-state index is 13.0. The van der Waals surface area contributed by atoms with Crippen LogP contribution in [0.15, 0.2) is 42.5 Å².